The summed E-state index contributed by atoms with van der Waals surface area (Å²) in [5, 5.41) is 8.56. The Morgan fingerprint density at radius 1 is 1.13 bits per heavy atom. The van der Waals surface area contributed by atoms with Crippen molar-refractivity contribution in [2.45, 2.75) is 44.9 Å². The van der Waals surface area contributed by atoms with Crippen molar-refractivity contribution in [1.82, 2.24) is 0 Å². The first-order valence-corrected chi connectivity index (χ1v) is 5.66. The summed E-state index contributed by atoms with van der Waals surface area (Å²) in [5.41, 5.74) is 0. The molecule has 0 aromatic carbocycles. The molecule has 0 aliphatic heterocycles. The standard InChI is InChI=1S/C12H22O3/c1-15-12(14)10-8-6-4-2-3-5-7-9-11-13/h8,10,13H,2-7,9,11H2,1H3. The lowest BCUT2D eigenvalue weighted by Gasteiger charge is -1.98. The lowest BCUT2D eigenvalue weighted by molar-refractivity contribution is -0.134. The number of rotatable bonds is 9. The van der Waals surface area contributed by atoms with E-state index in [2.05, 4.69) is 4.74 Å². The van der Waals surface area contributed by atoms with Crippen LogP contribution in [0.4, 0.5) is 0 Å². The molecule has 0 radical (unpaired) electrons. The van der Waals surface area contributed by atoms with E-state index in [1.165, 1.54) is 32.4 Å². The maximum Gasteiger partial charge on any atom is 0.330 e. The summed E-state index contributed by atoms with van der Waals surface area (Å²) in [6.45, 7) is 0.307. The molecule has 0 amide bonds. The van der Waals surface area contributed by atoms with Crippen molar-refractivity contribution >= 4 is 5.97 Å². The number of aliphatic hydroxyl groups excluding tert-OH is 1. The van der Waals surface area contributed by atoms with Crippen LogP contribution in [0.25, 0.3) is 0 Å². The fraction of sp³-hybridized carbons (Fsp3) is 0.750. The lowest BCUT2D eigenvalue weighted by atomic mass is 10.1. The second-order valence-corrected chi connectivity index (χ2v) is 3.56. The van der Waals surface area contributed by atoms with Crippen molar-refractivity contribution in [2.75, 3.05) is 13.7 Å². The number of carbonyl (C=O) groups is 1. The molecule has 3 heteroatoms. The van der Waals surface area contributed by atoms with Gasteiger partial charge in [-0.15, -0.1) is 0 Å². The Morgan fingerprint density at radius 3 is 2.33 bits per heavy atom. The maximum atomic E-state index is 10.7. The molecule has 15 heavy (non-hydrogen) atoms. The second-order valence-electron chi connectivity index (χ2n) is 3.56. The summed E-state index contributed by atoms with van der Waals surface area (Å²) in [6, 6.07) is 0. The van der Waals surface area contributed by atoms with E-state index in [1.807, 2.05) is 6.08 Å². The number of hydrogen-bond donors (Lipinski definition) is 1. The molecular weight excluding hydrogens is 192 g/mol. The highest BCUT2D eigenvalue weighted by molar-refractivity contribution is 5.81. The molecule has 0 fully saturated rings. The van der Waals surface area contributed by atoms with E-state index in [4.69, 9.17) is 5.11 Å². The lowest BCUT2D eigenvalue weighted by Crippen LogP contribution is -1.93. The Bertz CT molecular complexity index is 176. The van der Waals surface area contributed by atoms with Gasteiger partial charge in [-0.3, -0.25) is 0 Å². The maximum absolute atomic E-state index is 10.7. The van der Waals surface area contributed by atoms with Gasteiger partial charge in [0.1, 0.15) is 0 Å². The highest BCUT2D eigenvalue weighted by atomic mass is 16.5. The fourth-order valence-corrected chi connectivity index (χ4v) is 1.33. The summed E-state index contributed by atoms with van der Waals surface area (Å²) < 4.78 is 4.47. The second kappa shape index (κ2) is 11.2. The molecule has 0 aromatic rings. The molecule has 0 bridgehead atoms. The normalized spacial score (nSPS) is 10.8. The number of aliphatic hydroxyl groups is 1. The molecule has 0 heterocycles. The molecule has 0 atom stereocenters. The fourth-order valence-electron chi connectivity index (χ4n) is 1.33. The minimum atomic E-state index is -0.280. The van der Waals surface area contributed by atoms with E-state index in [1.54, 1.807) is 0 Å². The minimum absolute atomic E-state index is 0.280. The van der Waals surface area contributed by atoms with Crippen LogP contribution in [0.3, 0.4) is 0 Å². The predicted octanol–water partition coefficient (Wildman–Crippen LogP) is 2.44. The number of hydrogen-bond acceptors (Lipinski definition) is 3. The van der Waals surface area contributed by atoms with Gasteiger partial charge in [0.2, 0.25) is 0 Å². The largest absolute Gasteiger partial charge is 0.466 e. The summed E-state index contributed by atoms with van der Waals surface area (Å²) in [6.07, 6.45) is 11.0. The third-order valence-electron chi connectivity index (χ3n) is 2.23. The minimum Gasteiger partial charge on any atom is -0.466 e. The topological polar surface area (TPSA) is 46.5 Å². The van der Waals surface area contributed by atoms with Crippen molar-refractivity contribution in [3.8, 4) is 0 Å². The molecule has 0 unspecified atom stereocenters. The Labute approximate surface area is 92.1 Å². The van der Waals surface area contributed by atoms with Crippen LogP contribution in [0.15, 0.2) is 12.2 Å². The van der Waals surface area contributed by atoms with Gasteiger partial charge in [-0.05, 0) is 19.3 Å². The van der Waals surface area contributed by atoms with Crippen LogP contribution < -0.4 is 0 Å². The molecular formula is C12H22O3. The molecule has 0 saturated heterocycles. The van der Waals surface area contributed by atoms with Crippen LogP contribution in [0.2, 0.25) is 0 Å². The van der Waals surface area contributed by atoms with Gasteiger partial charge >= 0.3 is 5.97 Å². The zero-order valence-corrected chi connectivity index (χ0v) is 9.58. The van der Waals surface area contributed by atoms with Gasteiger partial charge in [0.15, 0.2) is 0 Å². The zero-order chi connectivity index (χ0) is 11.4. The van der Waals surface area contributed by atoms with E-state index < -0.39 is 0 Å². The van der Waals surface area contributed by atoms with Crippen molar-refractivity contribution in [1.29, 1.82) is 0 Å². The smallest absolute Gasteiger partial charge is 0.330 e. The Hall–Kier alpha value is -0.830. The monoisotopic (exact) mass is 214 g/mol. The predicted molar refractivity (Wildman–Crippen MR) is 60.6 cm³/mol. The Balaban J connectivity index is 3.11. The van der Waals surface area contributed by atoms with Crippen molar-refractivity contribution in [2.24, 2.45) is 0 Å². The average molecular weight is 214 g/mol. The van der Waals surface area contributed by atoms with Crippen LogP contribution in [0.5, 0.6) is 0 Å². The van der Waals surface area contributed by atoms with E-state index in [9.17, 15) is 4.79 Å². The van der Waals surface area contributed by atoms with E-state index in [0.29, 0.717) is 6.61 Å². The van der Waals surface area contributed by atoms with E-state index >= 15 is 0 Å². The van der Waals surface area contributed by atoms with Crippen molar-refractivity contribution < 1.29 is 14.6 Å². The molecule has 0 aliphatic rings. The Morgan fingerprint density at radius 2 is 1.73 bits per heavy atom. The van der Waals surface area contributed by atoms with Gasteiger partial charge < -0.3 is 9.84 Å². The average Bonchev–Trinajstić information content (AvgIpc) is 2.26. The summed E-state index contributed by atoms with van der Waals surface area (Å²) in [5.74, 6) is -0.280. The first-order valence-electron chi connectivity index (χ1n) is 5.66. The quantitative estimate of drug-likeness (QED) is 0.364. The van der Waals surface area contributed by atoms with Crippen molar-refractivity contribution in [3.05, 3.63) is 12.2 Å². The molecule has 3 nitrogen and oxygen atoms in total. The summed E-state index contributed by atoms with van der Waals surface area (Å²) in [7, 11) is 1.38. The number of ether oxygens (including phenoxy) is 1. The SMILES string of the molecule is COC(=O)C=CCCCCCCCCO. The van der Waals surface area contributed by atoms with Crippen LogP contribution in [0.1, 0.15) is 44.9 Å². The van der Waals surface area contributed by atoms with Gasteiger partial charge in [-0.1, -0.05) is 31.8 Å². The van der Waals surface area contributed by atoms with Crippen LogP contribution >= 0.6 is 0 Å². The molecule has 0 aliphatic carbocycles. The number of allylic oxidation sites excluding steroid dienone is 1. The zero-order valence-electron chi connectivity index (χ0n) is 9.58. The van der Waals surface area contributed by atoms with E-state index in [0.717, 1.165) is 25.7 Å². The molecule has 0 spiro atoms. The number of methoxy groups -OCH3 is 1. The molecule has 0 saturated carbocycles. The molecule has 88 valence electrons. The highest BCUT2D eigenvalue weighted by Crippen LogP contribution is 2.07. The van der Waals surface area contributed by atoms with Crippen LogP contribution in [-0.2, 0) is 9.53 Å². The van der Waals surface area contributed by atoms with Gasteiger partial charge in [0, 0.05) is 12.7 Å². The number of unbranched alkanes of at least 4 members (excludes halogenated alkanes) is 6. The van der Waals surface area contributed by atoms with Gasteiger partial charge in [0.25, 0.3) is 0 Å². The highest BCUT2D eigenvalue weighted by Gasteiger charge is 1.91. The number of esters is 1. The molecule has 0 rings (SSSR count). The van der Waals surface area contributed by atoms with Crippen molar-refractivity contribution in [3.63, 3.8) is 0 Å². The summed E-state index contributed by atoms with van der Waals surface area (Å²) >= 11 is 0. The van der Waals surface area contributed by atoms with Crippen LogP contribution in [0, 0.1) is 0 Å². The molecule has 1 N–H and O–H groups in total. The number of carbonyl (C=O) groups excluding carboxylic acids is 1. The Kier molecular flexibility index (Phi) is 10.6. The first kappa shape index (κ1) is 14.2. The van der Waals surface area contributed by atoms with Gasteiger partial charge in [0.05, 0.1) is 7.11 Å². The first-order chi connectivity index (χ1) is 7.31. The van der Waals surface area contributed by atoms with Gasteiger partial charge in [-0.25, -0.2) is 4.79 Å². The van der Waals surface area contributed by atoms with Crippen LogP contribution in [-0.4, -0.2) is 24.8 Å². The third-order valence-corrected chi connectivity index (χ3v) is 2.23. The van der Waals surface area contributed by atoms with E-state index in [-0.39, 0.29) is 5.97 Å². The third kappa shape index (κ3) is 11.1. The van der Waals surface area contributed by atoms with Gasteiger partial charge in [-0.2, -0.15) is 0 Å². The summed E-state index contributed by atoms with van der Waals surface area (Å²) in [4.78, 5) is 10.7. The molecule has 0 aromatic heterocycles.